The van der Waals surface area contributed by atoms with Crippen LogP contribution in [-0.2, 0) is 9.53 Å². The number of carbonyl (C=O) groups excluding carboxylic acids is 1. The maximum Gasteiger partial charge on any atom is 0.311 e. The van der Waals surface area contributed by atoms with E-state index >= 15 is 0 Å². The Labute approximate surface area is 114 Å². The highest BCUT2D eigenvalue weighted by atomic mass is 79.9. The molecule has 3 fully saturated rings. The molecule has 0 amide bonds. The fraction of sp³-hybridized carbons (Fsp3) is 0.538. The summed E-state index contributed by atoms with van der Waals surface area (Å²) in [5, 5.41) is 0. The molecule has 1 aromatic rings. The standard InChI is InChI=1S/C13H14BrNO3/c1-17-11(16)13-5-12(6-13,7-13)8-18-10-3-2-9(14)4-15-10/h2-4H,5-8H2,1H3/t12-,13-. The van der Waals surface area contributed by atoms with E-state index in [1.54, 1.807) is 6.20 Å². The van der Waals surface area contributed by atoms with Crippen molar-refractivity contribution in [3.8, 4) is 5.88 Å². The Morgan fingerprint density at radius 2 is 2.17 bits per heavy atom. The van der Waals surface area contributed by atoms with Gasteiger partial charge in [0, 0.05) is 22.2 Å². The lowest BCUT2D eigenvalue weighted by Gasteiger charge is -2.67. The minimum Gasteiger partial charge on any atom is -0.477 e. The Kier molecular flexibility index (Phi) is 2.62. The molecular weight excluding hydrogens is 298 g/mol. The zero-order valence-electron chi connectivity index (χ0n) is 10.1. The highest BCUT2D eigenvalue weighted by molar-refractivity contribution is 9.10. The van der Waals surface area contributed by atoms with E-state index in [9.17, 15) is 4.79 Å². The summed E-state index contributed by atoms with van der Waals surface area (Å²) >= 11 is 3.33. The van der Waals surface area contributed by atoms with Gasteiger partial charge in [0.2, 0.25) is 5.88 Å². The van der Waals surface area contributed by atoms with Gasteiger partial charge in [0.15, 0.2) is 0 Å². The molecule has 0 aromatic carbocycles. The Hall–Kier alpha value is -1.10. The van der Waals surface area contributed by atoms with Crippen LogP contribution in [0.4, 0.5) is 0 Å². The second-order valence-electron chi connectivity index (χ2n) is 5.41. The SMILES string of the molecule is COC(=O)[C@]12C[C@@](COc3ccc(Br)cn3)(C1)C2. The van der Waals surface area contributed by atoms with Gasteiger partial charge in [0.05, 0.1) is 19.1 Å². The van der Waals surface area contributed by atoms with Crippen LogP contribution in [0, 0.1) is 10.8 Å². The van der Waals surface area contributed by atoms with E-state index < -0.39 is 0 Å². The van der Waals surface area contributed by atoms with Gasteiger partial charge in [-0.1, -0.05) is 0 Å². The zero-order valence-corrected chi connectivity index (χ0v) is 11.7. The maximum atomic E-state index is 11.5. The molecule has 18 heavy (non-hydrogen) atoms. The zero-order chi connectivity index (χ0) is 12.8. The molecule has 1 heterocycles. The lowest BCUT2D eigenvalue weighted by Crippen LogP contribution is -2.67. The molecule has 3 saturated carbocycles. The first-order valence-corrected chi connectivity index (χ1v) is 6.70. The molecule has 0 atom stereocenters. The lowest BCUT2D eigenvalue weighted by molar-refractivity contribution is -0.233. The van der Waals surface area contributed by atoms with E-state index in [-0.39, 0.29) is 16.8 Å². The fourth-order valence-electron chi connectivity index (χ4n) is 3.26. The first-order valence-electron chi connectivity index (χ1n) is 5.90. The van der Waals surface area contributed by atoms with Gasteiger partial charge >= 0.3 is 5.97 Å². The van der Waals surface area contributed by atoms with Crippen molar-refractivity contribution in [1.82, 2.24) is 4.98 Å². The Morgan fingerprint density at radius 3 is 2.72 bits per heavy atom. The van der Waals surface area contributed by atoms with Crippen molar-refractivity contribution in [3.05, 3.63) is 22.8 Å². The third-order valence-corrected chi connectivity index (χ3v) is 4.45. The predicted octanol–water partition coefficient (Wildman–Crippen LogP) is 2.57. The Morgan fingerprint density at radius 1 is 1.44 bits per heavy atom. The van der Waals surface area contributed by atoms with E-state index in [4.69, 9.17) is 9.47 Å². The smallest absolute Gasteiger partial charge is 0.311 e. The highest BCUT2D eigenvalue weighted by Gasteiger charge is 2.72. The van der Waals surface area contributed by atoms with Crippen molar-refractivity contribution in [2.24, 2.45) is 10.8 Å². The van der Waals surface area contributed by atoms with E-state index in [0.717, 1.165) is 23.7 Å². The summed E-state index contributed by atoms with van der Waals surface area (Å²) < 4.78 is 11.4. The maximum absolute atomic E-state index is 11.5. The third kappa shape index (κ3) is 1.72. The summed E-state index contributed by atoms with van der Waals surface area (Å²) in [6, 6.07) is 3.74. The van der Waals surface area contributed by atoms with E-state index in [1.807, 2.05) is 12.1 Å². The molecule has 3 aliphatic carbocycles. The van der Waals surface area contributed by atoms with Crippen LogP contribution < -0.4 is 4.74 Å². The first kappa shape index (κ1) is 12.0. The molecule has 0 unspecified atom stereocenters. The van der Waals surface area contributed by atoms with Crippen LogP contribution >= 0.6 is 15.9 Å². The monoisotopic (exact) mass is 311 g/mol. The number of pyridine rings is 1. The topological polar surface area (TPSA) is 48.4 Å². The molecule has 96 valence electrons. The summed E-state index contributed by atoms with van der Waals surface area (Å²) in [5.41, 5.74) is -0.00576. The number of nitrogens with zero attached hydrogens (tertiary/aromatic N) is 1. The molecule has 4 rings (SSSR count). The number of esters is 1. The molecule has 0 N–H and O–H groups in total. The molecular formula is C13H14BrNO3. The second kappa shape index (κ2) is 3.95. The first-order chi connectivity index (χ1) is 8.57. The summed E-state index contributed by atoms with van der Waals surface area (Å²) in [6.07, 6.45) is 4.39. The van der Waals surface area contributed by atoms with Crippen LogP contribution in [0.25, 0.3) is 0 Å². The molecule has 3 aliphatic rings. The van der Waals surface area contributed by atoms with Gasteiger partial charge in [-0.05, 0) is 41.3 Å². The van der Waals surface area contributed by atoms with Crippen molar-refractivity contribution >= 4 is 21.9 Å². The molecule has 0 radical (unpaired) electrons. The molecule has 1 aromatic heterocycles. The lowest BCUT2D eigenvalue weighted by atomic mass is 9.35. The number of aromatic nitrogens is 1. The van der Waals surface area contributed by atoms with Crippen molar-refractivity contribution in [3.63, 3.8) is 0 Å². The quantitative estimate of drug-likeness (QED) is 0.802. The molecule has 0 saturated heterocycles. The fourth-order valence-corrected chi connectivity index (χ4v) is 3.49. The van der Waals surface area contributed by atoms with Crippen LogP contribution in [0.5, 0.6) is 5.88 Å². The molecule has 4 nitrogen and oxygen atoms in total. The van der Waals surface area contributed by atoms with E-state index in [1.165, 1.54) is 7.11 Å². The van der Waals surface area contributed by atoms with Crippen LogP contribution in [0.15, 0.2) is 22.8 Å². The highest BCUT2D eigenvalue weighted by Crippen LogP contribution is 2.73. The number of rotatable bonds is 4. The summed E-state index contributed by atoms with van der Waals surface area (Å²) in [7, 11) is 1.46. The number of hydrogen-bond donors (Lipinski definition) is 0. The van der Waals surface area contributed by atoms with Crippen LogP contribution in [-0.4, -0.2) is 24.7 Å². The molecule has 0 spiro atoms. The minimum atomic E-state index is -0.189. The van der Waals surface area contributed by atoms with Crippen molar-refractivity contribution in [2.75, 3.05) is 13.7 Å². The third-order valence-electron chi connectivity index (χ3n) is 3.99. The van der Waals surface area contributed by atoms with Gasteiger partial charge in [-0.2, -0.15) is 0 Å². The predicted molar refractivity (Wildman–Crippen MR) is 68.2 cm³/mol. The van der Waals surface area contributed by atoms with E-state index in [2.05, 4.69) is 20.9 Å². The molecule has 5 heteroatoms. The van der Waals surface area contributed by atoms with Gasteiger partial charge < -0.3 is 9.47 Å². The number of halogens is 1. The Balaban J connectivity index is 1.53. The van der Waals surface area contributed by atoms with Crippen molar-refractivity contribution in [2.45, 2.75) is 19.3 Å². The number of ether oxygens (including phenoxy) is 2. The Bertz CT molecular complexity index is 466. The number of carbonyl (C=O) groups is 1. The summed E-state index contributed by atoms with van der Waals surface area (Å²) in [4.78, 5) is 15.7. The van der Waals surface area contributed by atoms with E-state index in [0.29, 0.717) is 12.5 Å². The van der Waals surface area contributed by atoms with Gasteiger partial charge in [0.1, 0.15) is 0 Å². The number of methoxy groups -OCH3 is 1. The average molecular weight is 312 g/mol. The van der Waals surface area contributed by atoms with Gasteiger partial charge in [-0.25, -0.2) is 4.98 Å². The largest absolute Gasteiger partial charge is 0.477 e. The van der Waals surface area contributed by atoms with Crippen LogP contribution in [0.1, 0.15) is 19.3 Å². The second-order valence-corrected chi connectivity index (χ2v) is 6.32. The van der Waals surface area contributed by atoms with Gasteiger partial charge in [0.25, 0.3) is 0 Å². The average Bonchev–Trinajstić information content (AvgIpc) is 2.27. The normalized spacial score (nSPS) is 32.1. The summed E-state index contributed by atoms with van der Waals surface area (Å²) in [6.45, 7) is 0.639. The molecule has 2 bridgehead atoms. The molecule has 0 aliphatic heterocycles. The summed E-state index contributed by atoms with van der Waals surface area (Å²) in [5.74, 6) is 0.571. The van der Waals surface area contributed by atoms with Gasteiger partial charge in [-0.15, -0.1) is 0 Å². The van der Waals surface area contributed by atoms with Crippen molar-refractivity contribution < 1.29 is 14.3 Å². The van der Waals surface area contributed by atoms with Crippen molar-refractivity contribution in [1.29, 1.82) is 0 Å². The van der Waals surface area contributed by atoms with Crippen LogP contribution in [0.2, 0.25) is 0 Å². The van der Waals surface area contributed by atoms with Gasteiger partial charge in [-0.3, -0.25) is 4.79 Å². The number of hydrogen-bond acceptors (Lipinski definition) is 4. The van der Waals surface area contributed by atoms with Crippen LogP contribution in [0.3, 0.4) is 0 Å². The minimum absolute atomic E-state index is 0.0638.